The van der Waals surface area contributed by atoms with Crippen LogP contribution in [0.2, 0.25) is 0 Å². The first-order valence-electron chi connectivity index (χ1n) is 9.27. The Kier molecular flexibility index (Phi) is 5.47. The van der Waals surface area contributed by atoms with E-state index < -0.39 is 37.5 Å². The quantitative estimate of drug-likeness (QED) is 0.449. The fourth-order valence-electron chi connectivity index (χ4n) is 4.08. The number of benzene rings is 1. The first kappa shape index (κ1) is 19.6. The summed E-state index contributed by atoms with van der Waals surface area (Å²) in [5.74, 6) is 0. The molecule has 0 bridgehead atoms. The van der Waals surface area contributed by atoms with Gasteiger partial charge in [0.25, 0.3) is 0 Å². The van der Waals surface area contributed by atoms with Gasteiger partial charge >= 0.3 is 17.1 Å². The van der Waals surface area contributed by atoms with Crippen molar-refractivity contribution in [3.05, 3.63) is 30.3 Å². The molecule has 2 N–H and O–H groups in total. The third-order valence-corrected chi connectivity index (χ3v) is 5.30. The monoisotopic (exact) mass is 394 g/mol. The van der Waals surface area contributed by atoms with Crippen LogP contribution < -0.4 is 15.5 Å². The molecular formula is C16H22N6O6. The van der Waals surface area contributed by atoms with E-state index in [1.165, 1.54) is 0 Å². The molecule has 0 radical (unpaired) electrons. The molecule has 1 aromatic carbocycles. The number of nitrogens with zero attached hydrogens (tertiary/aromatic N) is 5. The number of nitrogens with two attached hydrogens (primary N) is 1. The second-order valence-electron chi connectivity index (χ2n) is 7.02. The second-order valence-corrected chi connectivity index (χ2v) is 7.02. The number of nitro benzene ring substituents is 3. The van der Waals surface area contributed by atoms with Gasteiger partial charge in [-0.25, -0.2) is 0 Å². The lowest BCUT2D eigenvalue weighted by molar-refractivity contribution is -0.399. The van der Waals surface area contributed by atoms with E-state index >= 15 is 0 Å². The van der Waals surface area contributed by atoms with Crippen LogP contribution in [0.5, 0.6) is 0 Å². The third-order valence-electron chi connectivity index (χ3n) is 5.30. The molecule has 2 aliphatic rings. The highest BCUT2D eigenvalue weighted by Gasteiger charge is 2.45. The van der Waals surface area contributed by atoms with E-state index in [4.69, 9.17) is 5.73 Å². The fraction of sp³-hybridized carbons (Fsp3) is 0.625. The lowest BCUT2D eigenvalue weighted by Gasteiger charge is -2.32. The molecule has 1 aromatic rings. The summed E-state index contributed by atoms with van der Waals surface area (Å²) >= 11 is 0. The zero-order valence-corrected chi connectivity index (χ0v) is 15.3. The van der Waals surface area contributed by atoms with Gasteiger partial charge in [0, 0.05) is 26.2 Å². The van der Waals surface area contributed by atoms with Crippen molar-refractivity contribution >= 4 is 34.1 Å². The first-order valence-corrected chi connectivity index (χ1v) is 9.27. The van der Waals surface area contributed by atoms with Crippen molar-refractivity contribution < 1.29 is 14.8 Å². The summed E-state index contributed by atoms with van der Waals surface area (Å²) in [4.78, 5) is 36.3. The number of hydrogen-bond acceptors (Lipinski definition) is 9. The predicted octanol–water partition coefficient (Wildman–Crippen LogP) is 2.97. The van der Waals surface area contributed by atoms with Crippen LogP contribution in [0.4, 0.5) is 34.1 Å². The molecule has 28 heavy (non-hydrogen) atoms. The number of rotatable bonds is 5. The summed E-state index contributed by atoms with van der Waals surface area (Å²) in [6, 6.07) is 0. The average molecular weight is 394 g/mol. The van der Waals surface area contributed by atoms with E-state index in [0.717, 1.165) is 38.5 Å². The maximum atomic E-state index is 12.1. The molecular weight excluding hydrogens is 372 g/mol. The predicted molar refractivity (Wildman–Crippen MR) is 103 cm³/mol. The molecule has 0 aliphatic carbocycles. The van der Waals surface area contributed by atoms with Gasteiger partial charge in [0.2, 0.25) is 0 Å². The zero-order chi connectivity index (χ0) is 20.4. The van der Waals surface area contributed by atoms with Gasteiger partial charge < -0.3 is 15.5 Å². The Labute approximate surface area is 160 Å². The molecule has 2 aliphatic heterocycles. The number of nitrogen functional groups attached to an aromatic ring is 1. The minimum absolute atomic E-state index is 0.210. The van der Waals surface area contributed by atoms with E-state index in [2.05, 4.69) is 0 Å². The van der Waals surface area contributed by atoms with Crippen LogP contribution in [0.3, 0.4) is 0 Å². The van der Waals surface area contributed by atoms with Crippen LogP contribution in [0.25, 0.3) is 0 Å². The Morgan fingerprint density at radius 3 is 1.21 bits per heavy atom. The van der Waals surface area contributed by atoms with Gasteiger partial charge in [0.1, 0.15) is 0 Å². The van der Waals surface area contributed by atoms with Crippen molar-refractivity contribution in [2.45, 2.75) is 38.5 Å². The minimum atomic E-state index is -0.848. The molecule has 2 heterocycles. The van der Waals surface area contributed by atoms with Crippen LogP contribution in [-0.4, -0.2) is 40.9 Å². The highest BCUT2D eigenvalue weighted by molar-refractivity contribution is 6.00. The molecule has 2 fully saturated rings. The average Bonchev–Trinajstić information content (AvgIpc) is 2.67. The molecule has 0 atom stereocenters. The van der Waals surface area contributed by atoms with Crippen molar-refractivity contribution in [2.24, 2.45) is 0 Å². The Hall–Kier alpha value is -3.18. The molecule has 0 saturated carbocycles. The maximum absolute atomic E-state index is 12.1. The number of hydrogen-bond donors (Lipinski definition) is 1. The molecule has 0 amide bonds. The van der Waals surface area contributed by atoms with Gasteiger partial charge in [-0.05, 0) is 38.5 Å². The third kappa shape index (κ3) is 3.37. The van der Waals surface area contributed by atoms with Gasteiger partial charge in [-0.1, -0.05) is 0 Å². The summed E-state index contributed by atoms with van der Waals surface area (Å²) in [7, 11) is 0. The molecule has 0 spiro atoms. The number of piperidine rings is 2. The van der Waals surface area contributed by atoms with Gasteiger partial charge in [0.15, 0.2) is 17.1 Å². The molecule has 3 rings (SSSR count). The highest BCUT2D eigenvalue weighted by atomic mass is 16.6. The standard InChI is InChI=1S/C16H22N6O6/c17-11-12(20(23)24)14(18-7-3-1-4-8-18)16(22(27)28)15(13(11)21(25)26)19-9-5-2-6-10-19/h1-10,17H2. The lowest BCUT2D eigenvalue weighted by atomic mass is 10.0. The summed E-state index contributed by atoms with van der Waals surface area (Å²) < 4.78 is 0. The largest absolute Gasteiger partial charge is 0.387 e. The van der Waals surface area contributed by atoms with Crippen molar-refractivity contribution in [2.75, 3.05) is 41.7 Å². The van der Waals surface area contributed by atoms with E-state index in [9.17, 15) is 30.3 Å². The van der Waals surface area contributed by atoms with Gasteiger partial charge in [-0.3, -0.25) is 30.3 Å². The van der Waals surface area contributed by atoms with Crippen molar-refractivity contribution in [1.82, 2.24) is 0 Å². The normalized spacial score (nSPS) is 17.4. The summed E-state index contributed by atoms with van der Waals surface area (Å²) in [5, 5.41) is 35.6. The Morgan fingerprint density at radius 1 is 0.607 bits per heavy atom. The molecule has 12 heteroatoms. The molecule has 152 valence electrons. The van der Waals surface area contributed by atoms with E-state index in [1.54, 1.807) is 9.80 Å². The summed E-state index contributed by atoms with van der Waals surface area (Å²) in [5.41, 5.74) is 2.78. The molecule has 2 saturated heterocycles. The van der Waals surface area contributed by atoms with Crippen LogP contribution in [0.1, 0.15) is 38.5 Å². The Balaban J connectivity index is 2.38. The highest BCUT2D eigenvalue weighted by Crippen LogP contribution is 2.54. The SMILES string of the molecule is Nc1c([N+](=O)[O-])c(N2CCCCC2)c([N+](=O)[O-])c(N2CCCCC2)c1[N+](=O)[O-]. The van der Waals surface area contributed by atoms with Gasteiger partial charge in [-0.15, -0.1) is 0 Å². The molecule has 12 nitrogen and oxygen atoms in total. The summed E-state index contributed by atoms with van der Waals surface area (Å²) in [6.07, 6.45) is 4.74. The lowest BCUT2D eigenvalue weighted by Crippen LogP contribution is -2.34. The van der Waals surface area contributed by atoms with Crippen LogP contribution in [-0.2, 0) is 0 Å². The summed E-state index contributed by atoms with van der Waals surface area (Å²) in [6.45, 7) is 1.60. The molecule has 0 unspecified atom stereocenters. The van der Waals surface area contributed by atoms with E-state index in [1.807, 2.05) is 0 Å². The fourth-order valence-corrected chi connectivity index (χ4v) is 4.08. The van der Waals surface area contributed by atoms with Gasteiger partial charge in [0.05, 0.1) is 14.8 Å². The minimum Gasteiger partial charge on any atom is -0.387 e. The smallest absolute Gasteiger partial charge is 0.330 e. The van der Waals surface area contributed by atoms with E-state index in [-0.39, 0.29) is 11.4 Å². The molecule has 0 aromatic heterocycles. The van der Waals surface area contributed by atoms with Crippen molar-refractivity contribution in [3.8, 4) is 0 Å². The van der Waals surface area contributed by atoms with Gasteiger partial charge in [-0.2, -0.15) is 0 Å². The number of anilines is 3. The Bertz CT molecular complexity index is 759. The second kappa shape index (κ2) is 7.82. The van der Waals surface area contributed by atoms with Crippen LogP contribution in [0.15, 0.2) is 0 Å². The maximum Gasteiger partial charge on any atom is 0.330 e. The van der Waals surface area contributed by atoms with Crippen molar-refractivity contribution in [3.63, 3.8) is 0 Å². The van der Waals surface area contributed by atoms with Crippen molar-refractivity contribution in [1.29, 1.82) is 0 Å². The number of nitro groups is 3. The first-order chi connectivity index (χ1) is 13.3. The van der Waals surface area contributed by atoms with E-state index in [0.29, 0.717) is 26.2 Å². The topological polar surface area (TPSA) is 162 Å². The Morgan fingerprint density at radius 2 is 0.929 bits per heavy atom. The zero-order valence-electron chi connectivity index (χ0n) is 15.3. The van der Waals surface area contributed by atoms with Crippen LogP contribution in [0, 0.1) is 30.3 Å². The van der Waals surface area contributed by atoms with Crippen LogP contribution >= 0.6 is 0 Å².